The summed E-state index contributed by atoms with van der Waals surface area (Å²) in [6, 6.07) is 1.59. The number of amides is 2. The van der Waals surface area contributed by atoms with Gasteiger partial charge in [-0.25, -0.2) is 9.78 Å². The van der Waals surface area contributed by atoms with Crippen molar-refractivity contribution in [3.63, 3.8) is 0 Å². The monoisotopic (exact) mass is 308 g/mol. The van der Waals surface area contributed by atoms with Crippen molar-refractivity contribution in [2.75, 3.05) is 13.1 Å². The zero-order chi connectivity index (χ0) is 15.1. The Kier molecular flexibility index (Phi) is 5.35. The molecule has 0 aliphatic rings. The number of hydrogen-bond acceptors (Lipinski definition) is 4. The summed E-state index contributed by atoms with van der Waals surface area (Å²) in [5.41, 5.74) is -0.235. The van der Waals surface area contributed by atoms with E-state index in [9.17, 15) is 9.90 Å². The Morgan fingerprint density at radius 3 is 3.05 bits per heavy atom. The van der Waals surface area contributed by atoms with Gasteiger partial charge in [0.25, 0.3) is 0 Å². The number of imidazole rings is 1. The number of aromatic nitrogens is 2. The fourth-order valence-electron chi connectivity index (χ4n) is 1.87. The summed E-state index contributed by atoms with van der Waals surface area (Å²) in [7, 11) is 0. The van der Waals surface area contributed by atoms with Gasteiger partial charge in [0.05, 0.1) is 12.9 Å². The number of urea groups is 1. The van der Waals surface area contributed by atoms with E-state index < -0.39 is 5.60 Å². The normalized spacial score (nSPS) is 13.6. The van der Waals surface area contributed by atoms with Gasteiger partial charge in [-0.3, -0.25) is 0 Å². The van der Waals surface area contributed by atoms with Crippen molar-refractivity contribution in [2.45, 2.75) is 25.5 Å². The van der Waals surface area contributed by atoms with Gasteiger partial charge in [0.15, 0.2) is 0 Å². The number of nitrogens with zero attached hydrogens (tertiary/aromatic N) is 2. The highest BCUT2D eigenvalue weighted by Crippen LogP contribution is 2.21. The predicted octanol–water partition coefficient (Wildman–Crippen LogP) is 1.54. The largest absolute Gasteiger partial charge is 0.384 e. The van der Waals surface area contributed by atoms with Gasteiger partial charge < -0.3 is 20.3 Å². The summed E-state index contributed by atoms with van der Waals surface area (Å²) in [5, 5.41) is 19.5. The zero-order valence-electron chi connectivity index (χ0n) is 12.0. The maximum absolute atomic E-state index is 11.7. The van der Waals surface area contributed by atoms with E-state index in [0.29, 0.717) is 6.54 Å². The van der Waals surface area contributed by atoms with Crippen molar-refractivity contribution in [1.82, 2.24) is 20.2 Å². The molecule has 2 aromatic heterocycles. The summed E-state index contributed by atoms with van der Waals surface area (Å²) in [4.78, 5) is 15.6. The second-order valence-corrected chi connectivity index (χ2v) is 5.83. The van der Waals surface area contributed by atoms with Gasteiger partial charge in [-0.2, -0.15) is 11.3 Å². The molecule has 7 heteroatoms. The van der Waals surface area contributed by atoms with Crippen LogP contribution in [0.4, 0.5) is 4.79 Å². The van der Waals surface area contributed by atoms with Crippen LogP contribution in [0.15, 0.2) is 35.5 Å². The fraction of sp³-hybridized carbons (Fsp3) is 0.429. The van der Waals surface area contributed by atoms with Crippen molar-refractivity contribution in [3.05, 3.63) is 41.1 Å². The molecule has 2 aromatic rings. The van der Waals surface area contributed by atoms with Crippen molar-refractivity contribution >= 4 is 17.4 Å². The number of aryl methyl sites for hydroxylation is 1. The lowest BCUT2D eigenvalue weighted by molar-refractivity contribution is 0.0598. The van der Waals surface area contributed by atoms with Crippen LogP contribution < -0.4 is 10.6 Å². The Hall–Kier alpha value is -1.86. The predicted molar refractivity (Wildman–Crippen MR) is 82.1 cm³/mol. The minimum absolute atomic E-state index is 0.178. The molecule has 1 atom stereocenters. The van der Waals surface area contributed by atoms with E-state index in [2.05, 4.69) is 15.6 Å². The Morgan fingerprint density at radius 1 is 1.52 bits per heavy atom. The molecule has 0 fully saturated rings. The van der Waals surface area contributed by atoms with E-state index in [1.54, 1.807) is 19.4 Å². The first-order chi connectivity index (χ1) is 10.1. The van der Waals surface area contributed by atoms with E-state index in [1.165, 1.54) is 11.3 Å². The average molecular weight is 308 g/mol. The average Bonchev–Trinajstić information content (AvgIpc) is 3.14. The third-order valence-electron chi connectivity index (χ3n) is 3.17. The van der Waals surface area contributed by atoms with E-state index in [1.807, 2.05) is 27.6 Å². The molecule has 0 radical (unpaired) electrons. The van der Waals surface area contributed by atoms with Crippen LogP contribution in [0.5, 0.6) is 0 Å². The number of aliphatic hydroxyl groups is 1. The van der Waals surface area contributed by atoms with E-state index in [4.69, 9.17) is 0 Å². The molecular formula is C14H20N4O2S. The molecule has 1 unspecified atom stereocenters. The van der Waals surface area contributed by atoms with Gasteiger partial charge in [0.1, 0.15) is 5.60 Å². The van der Waals surface area contributed by atoms with Crippen LogP contribution >= 0.6 is 11.3 Å². The number of carbonyl (C=O) groups is 1. The number of carbonyl (C=O) groups excluding carboxylic acids is 1. The van der Waals surface area contributed by atoms with Crippen LogP contribution in [-0.4, -0.2) is 33.8 Å². The fourth-order valence-corrected chi connectivity index (χ4v) is 2.65. The van der Waals surface area contributed by atoms with Crippen LogP contribution in [0.25, 0.3) is 0 Å². The molecule has 0 aliphatic carbocycles. The summed E-state index contributed by atoms with van der Waals surface area (Å²) in [5.74, 6) is 0. The molecule has 0 aromatic carbocycles. The standard InChI is InChI=1S/C14H20N4O2S/c1-14(20,12-3-8-21-9-12)10-17-13(19)16-4-2-6-18-7-5-15-11-18/h3,5,7-9,11,20H,2,4,6,10H2,1H3,(H2,16,17,19). The van der Waals surface area contributed by atoms with E-state index in [-0.39, 0.29) is 12.6 Å². The smallest absolute Gasteiger partial charge is 0.314 e. The first kappa shape index (κ1) is 15.5. The number of nitrogens with one attached hydrogen (secondary N) is 2. The molecule has 2 heterocycles. The van der Waals surface area contributed by atoms with Crippen LogP contribution in [0.1, 0.15) is 18.9 Å². The Morgan fingerprint density at radius 2 is 2.38 bits per heavy atom. The van der Waals surface area contributed by atoms with Crippen LogP contribution in [-0.2, 0) is 12.1 Å². The van der Waals surface area contributed by atoms with Crippen LogP contribution in [0.3, 0.4) is 0 Å². The van der Waals surface area contributed by atoms with Gasteiger partial charge in [-0.1, -0.05) is 0 Å². The number of hydrogen-bond donors (Lipinski definition) is 3. The van der Waals surface area contributed by atoms with Gasteiger partial charge in [-0.15, -0.1) is 0 Å². The SMILES string of the molecule is CC(O)(CNC(=O)NCCCn1ccnc1)c1ccsc1. The zero-order valence-corrected chi connectivity index (χ0v) is 12.8. The van der Waals surface area contributed by atoms with E-state index >= 15 is 0 Å². The van der Waals surface area contributed by atoms with Crippen molar-refractivity contribution in [2.24, 2.45) is 0 Å². The summed E-state index contributed by atoms with van der Waals surface area (Å²) in [6.07, 6.45) is 6.19. The molecular weight excluding hydrogens is 288 g/mol. The van der Waals surface area contributed by atoms with Gasteiger partial charge >= 0.3 is 6.03 Å². The lowest BCUT2D eigenvalue weighted by atomic mass is 9.99. The van der Waals surface area contributed by atoms with Crippen molar-refractivity contribution in [3.8, 4) is 0 Å². The lowest BCUT2D eigenvalue weighted by Crippen LogP contribution is -2.43. The molecule has 21 heavy (non-hydrogen) atoms. The quantitative estimate of drug-likeness (QED) is 0.679. The lowest BCUT2D eigenvalue weighted by Gasteiger charge is -2.22. The van der Waals surface area contributed by atoms with Crippen molar-refractivity contribution < 1.29 is 9.90 Å². The molecule has 0 aliphatic heterocycles. The molecule has 0 saturated carbocycles. The first-order valence-electron chi connectivity index (χ1n) is 6.80. The summed E-state index contributed by atoms with van der Waals surface area (Å²) >= 11 is 1.52. The molecule has 2 rings (SSSR count). The number of thiophene rings is 1. The maximum atomic E-state index is 11.7. The summed E-state index contributed by atoms with van der Waals surface area (Å²) in [6.45, 7) is 3.25. The highest BCUT2D eigenvalue weighted by atomic mass is 32.1. The minimum atomic E-state index is -1.05. The molecule has 3 N–H and O–H groups in total. The Bertz CT molecular complexity index is 537. The van der Waals surface area contributed by atoms with E-state index in [0.717, 1.165) is 18.5 Å². The minimum Gasteiger partial charge on any atom is -0.384 e. The van der Waals surface area contributed by atoms with Gasteiger partial charge in [0.2, 0.25) is 0 Å². The number of rotatable bonds is 7. The third kappa shape index (κ3) is 4.87. The second-order valence-electron chi connectivity index (χ2n) is 5.05. The summed E-state index contributed by atoms with van der Waals surface area (Å²) < 4.78 is 1.96. The highest BCUT2D eigenvalue weighted by molar-refractivity contribution is 7.08. The topological polar surface area (TPSA) is 79.2 Å². The van der Waals surface area contributed by atoms with Gasteiger partial charge in [0, 0.05) is 25.5 Å². The molecule has 0 saturated heterocycles. The molecule has 0 spiro atoms. The Balaban J connectivity index is 1.63. The molecule has 6 nitrogen and oxygen atoms in total. The highest BCUT2D eigenvalue weighted by Gasteiger charge is 2.23. The molecule has 114 valence electrons. The Labute approximate surface area is 127 Å². The van der Waals surface area contributed by atoms with Gasteiger partial charge in [-0.05, 0) is 35.7 Å². The second kappa shape index (κ2) is 7.24. The van der Waals surface area contributed by atoms with Crippen molar-refractivity contribution in [1.29, 1.82) is 0 Å². The molecule has 0 bridgehead atoms. The third-order valence-corrected chi connectivity index (χ3v) is 3.86. The van der Waals surface area contributed by atoms with Crippen LogP contribution in [0.2, 0.25) is 0 Å². The maximum Gasteiger partial charge on any atom is 0.314 e. The first-order valence-corrected chi connectivity index (χ1v) is 7.75. The van der Waals surface area contributed by atoms with Crippen LogP contribution in [0, 0.1) is 0 Å². The molecule has 2 amide bonds.